The van der Waals surface area contributed by atoms with Crippen molar-refractivity contribution < 1.29 is 14.7 Å². The van der Waals surface area contributed by atoms with Gasteiger partial charge >= 0.3 is 6.09 Å². The first-order valence-corrected chi connectivity index (χ1v) is 11.2. The van der Waals surface area contributed by atoms with Crippen LogP contribution in [0.5, 0.6) is 0 Å². The van der Waals surface area contributed by atoms with E-state index in [0.717, 1.165) is 16.7 Å². The van der Waals surface area contributed by atoms with Crippen molar-refractivity contribution in [3.05, 3.63) is 114 Å². The third-order valence-corrected chi connectivity index (χ3v) is 5.86. The van der Waals surface area contributed by atoms with Gasteiger partial charge in [-0.3, -0.25) is 9.48 Å². The Hall–Kier alpha value is -4.59. The molecule has 1 heterocycles. The topological polar surface area (TPSA) is 108 Å². The van der Waals surface area contributed by atoms with Gasteiger partial charge in [0.25, 0.3) is 0 Å². The van der Waals surface area contributed by atoms with E-state index in [-0.39, 0.29) is 0 Å². The van der Waals surface area contributed by atoms with E-state index in [0.29, 0.717) is 11.5 Å². The standard InChI is InChI=1S/C27H27N5O3/c1-19(29-26(34)35)25(33)30-23-18-28-32(2)24(23)31-27(20-12-6-3-7-13-20,21-14-8-4-9-15-21)22-16-10-5-11-17-22/h3-19,29,31H,1-2H3,(H,30,33)(H,34,35). The van der Waals surface area contributed by atoms with Crippen LogP contribution in [0.25, 0.3) is 0 Å². The van der Waals surface area contributed by atoms with Crippen molar-refractivity contribution in [2.24, 2.45) is 7.05 Å². The molecule has 8 nitrogen and oxygen atoms in total. The molecule has 35 heavy (non-hydrogen) atoms. The molecule has 1 atom stereocenters. The van der Waals surface area contributed by atoms with Crippen LogP contribution in [0.4, 0.5) is 16.3 Å². The molecule has 8 heteroatoms. The first kappa shape index (κ1) is 23.6. The van der Waals surface area contributed by atoms with Gasteiger partial charge in [0.2, 0.25) is 5.91 Å². The Morgan fingerprint density at radius 3 is 1.74 bits per heavy atom. The molecule has 0 spiro atoms. The Kier molecular flexibility index (Phi) is 6.82. The minimum absolute atomic E-state index is 0.434. The van der Waals surface area contributed by atoms with Crippen molar-refractivity contribution in [2.45, 2.75) is 18.5 Å². The van der Waals surface area contributed by atoms with Crippen LogP contribution in [0, 0.1) is 0 Å². The lowest BCUT2D eigenvalue weighted by molar-refractivity contribution is -0.117. The largest absolute Gasteiger partial charge is 0.465 e. The molecule has 0 bridgehead atoms. The lowest BCUT2D eigenvalue weighted by atomic mass is 9.77. The molecule has 0 aliphatic heterocycles. The van der Waals surface area contributed by atoms with E-state index in [1.165, 1.54) is 6.92 Å². The van der Waals surface area contributed by atoms with E-state index in [1.807, 2.05) is 54.6 Å². The number of carbonyl (C=O) groups excluding carboxylic acids is 1. The minimum Gasteiger partial charge on any atom is -0.465 e. The molecule has 1 aromatic heterocycles. The first-order chi connectivity index (χ1) is 16.9. The Bertz CT molecular complexity index is 1190. The average molecular weight is 470 g/mol. The van der Waals surface area contributed by atoms with Gasteiger partial charge in [0, 0.05) is 7.05 Å². The van der Waals surface area contributed by atoms with E-state index in [4.69, 9.17) is 5.11 Å². The number of anilines is 2. The Labute approximate surface area is 203 Å². The third-order valence-electron chi connectivity index (χ3n) is 5.86. The molecule has 0 radical (unpaired) electrons. The number of amides is 2. The van der Waals surface area contributed by atoms with E-state index in [9.17, 15) is 9.59 Å². The molecule has 3 aromatic carbocycles. The molecule has 4 rings (SSSR count). The van der Waals surface area contributed by atoms with Crippen LogP contribution >= 0.6 is 0 Å². The summed E-state index contributed by atoms with van der Waals surface area (Å²) in [6.45, 7) is 1.48. The molecule has 0 fully saturated rings. The quantitative estimate of drug-likeness (QED) is 0.286. The van der Waals surface area contributed by atoms with Gasteiger partial charge in [-0.05, 0) is 23.6 Å². The van der Waals surface area contributed by atoms with Crippen LogP contribution in [0.3, 0.4) is 0 Å². The van der Waals surface area contributed by atoms with Crippen molar-refractivity contribution in [3.8, 4) is 0 Å². The Balaban J connectivity index is 1.85. The minimum atomic E-state index is -1.27. The zero-order chi connectivity index (χ0) is 24.8. The van der Waals surface area contributed by atoms with E-state index in [2.05, 4.69) is 57.4 Å². The number of nitrogens with zero attached hydrogens (tertiary/aromatic N) is 2. The lowest BCUT2D eigenvalue weighted by Gasteiger charge is -2.38. The fourth-order valence-corrected chi connectivity index (χ4v) is 4.13. The molecule has 4 N–H and O–H groups in total. The number of carbonyl (C=O) groups is 2. The van der Waals surface area contributed by atoms with Crippen LogP contribution in [-0.4, -0.2) is 32.9 Å². The predicted molar refractivity (Wildman–Crippen MR) is 135 cm³/mol. The summed E-state index contributed by atoms with van der Waals surface area (Å²) in [4.78, 5) is 23.7. The van der Waals surface area contributed by atoms with Crippen LogP contribution in [0.2, 0.25) is 0 Å². The number of aryl methyl sites for hydroxylation is 1. The van der Waals surface area contributed by atoms with Crippen LogP contribution < -0.4 is 16.0 Å². The van der Waals surface area contributed by atoms with E-state index in [1.54, 1.807) is 17.9 Å². The highest BCUT2D eigenvalue weighted by Gasteiger charge is 2.38. The SMILES string of the molecule is CC(NC(=O)O)C(=O)Nc1cnn(C)c1NC(c1ccccc1)(c1ccccc1)c1ccccc1. The second-order valence-electron chi connectivity index (χ2n) is 8.16. The summed E-state index contributed by atoms with van der Waals surface area (Å²) >= 11 is 0. The summed E-state index contributed by atoms with van der Waals surface area (Å²) < 4.78 is 1.65. The summed E-state index contributed by atoms with van der Waals surface area (Å²) in [6.07, 6.45) is 0.271. The van der Waals surface area contributed by atoms with E-state index >= 15 is 0 Å². The predicted octanol–water partition coefficient (Wildman–Crippen LogP) is 4.42. The molecule has 0 saturated heterocycles. The molecule has 4 aromatic rings. The number of carboxylic acid groups (broad SMARTS) is 1. The summed E-state index contributed by atoms with van der Waals surface area (Å²) in [5, 5.41) is 22.0. The van der Waals surface area contributed by atoms with Crippen LogP contribution in [-0.2, 0) is 17.4 Å². The molecule has 1 unspecified atom stereocenters. The van der Waals surface area contributed by atoms with Gasteiger partial charge in [-0.25, -0.2) is 4.79 Å². The molecular formula is C27H27N5O3. The number of hydrogen-bond donors (Lipinski definition) is 4. The summed E-state index contributed by atoms with van der Waals surface area (Å²) in [6, 6.07) is 29.2. The molecule has 0 saturated carbocycles. The average Bonchev–Trinajstić information content (AvgIpc) is 3.22. The zero-order valence-electron chi connectivity index (χ0n) is 19.5. The summed E-state index contributed by atoms with van der Waals surface area (Å²) in [5.74, 6) is 0.0746. The van der Waals surface area contributed by atoms with Gasteiger partial charge in [-0.15, -0.1) is 0 Å². The van der Waals surface area contributed by atoms with Crippen molar-refractivity contribution in [1.29, 1.82) is 0 Å². The molecule has 2 amide bonds. The van der Waals surface area contributed by atoms with Gasteiger partial charge in [0.05, 0.1) is 6.20 Å². The van der Waals surface area contributed by atoms with Crippen LogP contribution in [0.15, 0.2) is 97.2 Å². The zero-order valence-corrected chi connectivity index (χ0v) is 19.5. The molecule has 0 aliphatic rings. The number of nitrogens with one attached hydrogen (secondary N) is 3. The maximum Gasteiger partial charge on any atom is 0.405 e. The van der Waals surface area contributed by atoms with Crippen LogP contribution in [0.1, 0.15) is 23.6 Å². The molecule has 178 valence electrons. The van der Waals surface area contributed by atoms with Crippen molar-refractivity contribution in [1.82, 2.24) is 15.1 Å². The third kappa shape index (κ3) is 4.86. The lowest BCUT2D eigenvalue weighted by Crippen LogP contribution is -2.41. The van der Waals surface area contributed by atoms with Crippen molar-refractivity contribution in [2.75, 3.05) is 10.6 Å². The monoisotopic (exact) mass is 469 g/mol. The molecule has 0 aliphatic carbocycles. The summed E-state index contributed by atoms with van der Waals surface area (Å²) in [7, 11) is 1.78. The number of rotatable bonds is 8. The second-order valence-corrected chi connectivity index (χ2v) is 8.16. The molecular weight excluding hydrogens is 442 g/mol. The fraction of sp³-hybridized carbons (Fsp3) is 0.148. The van der Waals surface area contributed by atoms with Crippen molar-refractivity contribution >= 4 is 23.5 Å². The number of benzene rings is 3. The Morgan fingerprint density at radius 2 is 1.31 bits per heavy atom. The fourth-order valence-electron chi connectivity index (χ4n) is 4.13. The maximum atomic E-state index is 12.7. The first-order valence-electron chi connectivity index (χ1n) is 11.2. The number of aromatic nitrogens is 2. The summed E-state index contributed by atoms with van der Waals surface area (Å²) in [5.41, 5.74) is 2.61. The smallest absolute Gasteiger partial charge is 0.405 e. The van der Waals surface area contributed by atoms with Gasteiger partial charge in [-0.1, -0.05) is 91.0 Å². The van der Waals surface area contributed by atoms with Crippen molar-refractivity contribution in [3.63, 3.8) is 0 Å². The Morgan fingerprint density at radius 1 is 0.857 bits per heavy atom. The second kappa shape index (κ2) is 10.1. The van der Waals surface area contributed by atoms with Gasteiger partial charge in [0.15, 0.2) is 0 Å². The number of hydrogen-bond acceptors (Lipinski definition) is 4. The maximum absolute atomic E-state index is 12.7. The van der Waals surface area contributed by atoms with Gasteiger partial charge < -0.3 is 21.1 Å². The van der Waals surface area contributed by atoms with Gasteiger partial charge in [0.1, 0.15) is 23.1 Å². The normalized spacial score (nSPS) is 11.9. The highest BCUT2D eigenvalue weighted by Crippen LogP contribution is 2.41. The van der Waals surface area contributed by atoms with E-state index < -0.39 is 23.6 Å². The highest BCUT2D eigenvalue weighted by atomic mass is 16.4. The highest BCUT2D eigenvalue weighted by molar-refractivity contribution is 5.98. The van der Waals surface area contributed by atoms with Gasteiger partial charge in [-0.2, -0.15) is 5.10 Å².